The molecule has 2 heterocycles. The molecule has 6 nitrogen and oxygen atoms in total. The van der Waals surface area contributed by atoms with Crippen LogP contribution in [0, 0.1) is 5.92 Å². The molecule has 2 amide bonds. The fraction of sp³-hybridized carbons (Fsp3) is 0.857. The van der Waals surface area contributed by atoms with Crippen LogP contribution in [0.2, 0.25) is 0 Å². The van der Waals surface area contributed by atoms with Gasteiger partial charge in [-0.05, 0) is 25.9 Å². The van der Waals surface area contributed by atoms with Gasteiger partial charge in [0.05, 0.1) is 19.8 Å². The number of rotatable bonds is 3. The van der Waals surface area contributed by atoms with Crippen LogP contribution in [0.5, 0.6) is 0 Å². The monoisotopic (exact) mass is 283 g/mol. The highest BCUT2D eigenvalue weighted by Gasteiger charge is 2.29. The van der Waals surface area contributed by atoms with Crippen LogP contribution < -0.4 is 0 Å². The van der Waals surface area contributed by atoms with Gasteiger partial charge in [0, 0.05) is 33.1 Å². The first-order valence-corrected chi connectivity index (χ1v) is 7.37. The molecule has 0 unspecified atom stereocenters. The maximum Gasteiger partial charge on any atom is 0.236 e. The minimum Gasteiger partial charge on any atom is -0.378 e. The standard InChI is InChI=1S/C14H25N3O3/c1-15(2)13(18)11-16-5-3-12(4-6-16)14(19)17-7-9-20-10-8-17/h12H,3-11H2,1-2H3. The Morgan fingerprint density at radius 3 is 2.25 bits per heavy atom. The number of hydrogen-bond acceptors (Lipinski definition) is 4. The molecule has 2 aliphatic rings. The molecular formula is C14H25N3O3. The molecule has 0 atom stereocenters. The summed E-state index contributed by atoms with van der Waals surface area (Å²) in [6.07, 6.45) is 1.72. The van der Waals surface area contributed by atoms with E-state index in [1.807, 2.05) is 4.90 Å². The zero-order chi connectivity index (χ0) is 14.5. The quantitative estimate of drug-likeness (QED) is 0.710. The van der Waals surface area contributed by atoms with Crippen molar-refractivity contribution < 1.29 is 14.3 Å². The third-order valence-corrected chi connectivity index (χ3v) is 4.12. The van der Waals surface area contributed by atoms with Crippen LogP contribution in [-0.4, -0.2) is 86.5 Å². The maximum atomic E-state index is 12.4. The predicted molar refractivity (Wildman–Crippen MR) is 75.3 cm³/mol. The fourth-order valence-electron chi connectivity index (χ4n) is 2.71. The second kappa shape index (κ2) is 7.04. The Labute approximate surface area is 120 Å². The van der Waals surface area contributed by atoms with Crippen molar-refractivity contribution in [2.24, 2.45) is 5.92 Å². The van der Waals surface area contributed by atoms with E-state index in [9.17, 15) is 9.59 Å². The van der Waals surface area contributed by atoms with Crippen molar-refractivity contribution in [2.45, 2.75) is 12.8 Å². The van der Waals surface area contributed by atoms with E-state index in [2.05, 4.69) is 4.90 Å². The van der Waals surface area contributed by atoms with Gasteiger partial charge in [-0.3, -0.25) is 14.5 Å². The van der Waals surface area contributed by atoms with Crippen molar-refractivity contribution in [2.75, 3.05) is 60.0 Å². The maximum absolute atomic E-state index is 12.4. The highest BCUT2D eigenvalue weighted by atomic mass is 16.5. The van der Waals surface area contributed by atoms with Gasteiger partial charge < -0.3 is 14.5 Å². The minimum absolute atomic E-state index is 0.124. The van der Waals surface area contributed by atoms with Crippen LogP contribution in [-0.2, 0) is 14.3 Å². The average Bonchev–Trinajstić information content (AvgIpc) is 2.48. The summed E-state index contributed by atoms with van der Waals surface area (Å²) >= 11 is 0. The molecule has 0 radical (unpaired) electrons. The number of carbonyl (C=O) groups excluding carboxylic acids is 2. The van der Waals surface area contributed by atoms with Gasteiger partial charge in [-0.15, -0.1) is 0 Å². The van der Waals surface area contributed by atoms with E-state index in [1.54, 1.807) is 19.0 Å². The molecule has 0 aromatic carbocycles. The molecule has 0 spiro atoms. The third kappa shape index (κ3) is 3.93. The third-order valence-electron chi connectivity index (χ3n) is 4.12. The molecule has 2 rings (SSSR count). The van der Waals surface area contributed by atoms with E-state index in [-0.39, 0.29) is 17.7 Å². The van der Waals surface area contributed by atoms with Gasteiger partial charge in [0.2, 0.25) is 11.8 Å². The van der Waals surface area contributed by atoms with Gasteiger partial charge in [0.15, 0.2) is 0 Å². The number of nitrogens with zero attached hydrogens (tertiary/aromatic N) is 3. The Morgan fingerprint density at radius 2 is 1.70 bits per heavy atom. The van der Waals surface area contributed by atoms with E-state index >= 15 is 0 Å². The van der Waals surface area contributed by atoms with Crippen molar-refractivity contribution in [1.29, 1.82) is 0 Å². The smallest absolute Gasteiger partial charge is 0.236 e. The van der Waals surface area contributed by atoms with Crippen LogP contribution in [0.4, 0.5) is 0 Å². The largest absolute Gasteiger partial charge is 0.378 e. The summed E-state index contributed by atoms with van der Waals surface area (Å²) in [5, 5.41) is 0. The number of ether oxygens (including phenoxy) is 1. The number of likely N-dealkylation sites (tertiary alicyclic amines) is 1. The lowest BCUT2D eigenvalue weighted by atomic mass is 9.95. The molecule has 6 heteroatoms. The molecule has 0 bridgehead atoms. The second-order valence-electron chi connectivity index (χ2n) is 5.78. The van der Waals surface area contributed by atoms with E-state index < -0.39 is 0 Å². The first-order valence-electron chi connectivity index (χ1n) is 7.37. The Kier molecular flexibility index (Phi) is 5.37. The first-order chi connectivity index (χ1) is 9.58. The lowest BCUT2D eigenvalue weighted by Gasteiger charge is -2.35. The number of likely N-dealkylation sites (N-methyl/N-ethyl adjacent to an activating group) is 1. The minimum atomic E-state index is 0.124. The summed E-state index contributed by atoms with van der Waals surface area (Å²) in [5.74, 6) is 0.522. The summed E-state index contributed by atoms with van der Waals surface area (Å²) in [7, 11) is 3.55. The number of amides is 2. The zero-order valence-corrected chi connectivity index (χ0v) is 12.5. The first kappa shape index (κ1) is 15.3. The Bertz CT molecular complexity index is 346. The Balaban J connectivity index is 1.76. The number of hydrogen-bond donors (Lipinski definition) is 0. The van der Waals surface area contributed by atoms with Crippen LogP contribution >= 0.6 is 0 Å². The number of carbonyl (C=O) groups is 2. The van der Waals surface area contributed by atoms with E-state index in [0.29, 0.717) is 19.8 Å². The molecule has 114 valence electrons. The molecule has 0 aromatic heterocycles. The Morgan fingerprint density at radius 1 is 1.10 bits per heavy atom. The fourth-order valence-corrected chi connectivity index (χ4v) is 2.71. The predicted octanol–water partition coefficient (Wildman–Crippen LogP) is -0.355. The molecule has 0 N–H and O–H groups in total. The molecule has 0 aliphatic carbocycles. The Hall–Kier alpha value is -1.14. The molecule has 0 saturated carbocycles. The summed E-state index contributed by atoms with van der Waals surface area (Å²) in [6.45, 7) is 4.88. The van der Waals surface area contributed by atoms with Crippen molar-refractivity contribution in [3.8, 4) is 0 Å². The van der Waals surface area contributed by atoms with E-state index in [4.69, 9.17) is 4.74 Å². The van der Waals surface area contributed by atoms with Crippen molar-refractivity contribution >= 4 is 11.8 Å². The molecule has 0 aromatic rings. The van der Waals surface area contributed by atoms with E-state index in [1.165, 1.54) is 0 Å². The second-order valence-corrected chi connectivity index (χ2v) is 5.78. The van der Waals surface area contributed by atoms with Crippen LogP contribution in [0.3, 0.4) is 0 Å². The van der Waals surface area contributed by atoms with Gasteiger partial charge in [0.1, 0.15) is 0 Å². The normalized spacial score (nSPS) is 21.8. The number of morpholine rings is 1. The van der Waals surface area contributed by atoms with Crippen LogP contribution in [0.15, 0.2) is 0 Å². The van der Waals surface area contributed by atoms with Gasteiger partial charge in [-0.1, -0.05) is 0 Å². The molecule has 2 aliphatic heterocycles. The van der Waals surface area contributed by atoms with E-state index in [0.717, 1.165) is 39.0 Å². The molecule has 2 fully saturated rings. The lowest BCUT2D eigenvalue weighted by Crippen LogP contribution is -2.48. The molecular weight excluding hydrogens is 258 g/mol. The summed E-state index contributed by atoms with van der Waals surface area (Å²) in [5.41, 5.74) is 0. The topological polar surface area (TPSA) is 53.1 Å². The highest BCUT2D eigenvalue weighted by molar-refractivity contribution is 5.79. The van der Waals surface area contributed by atoms with Crippen molar-refractivity contribution in [1.82, 2.24) is 14.7 Å². The highest BCUT2D eigenvalue weighted by Crippen LogP contribution is 2.20. The van der Waals surface area contributed by atoms with Crippen molar-refractivity contribution in [3.63, 3.8) is 0 Å². The average molecular weight is 283 g/mol. The summed E-state index contributed by atoms with van der Waals surface area (Å²) in [6, 6.07) is 0. The van der Waals surface area contributed by atoms with Crippen molar-refractivity contribution in [3.05, 3.63) is 0 Å². The van der Waals surface area contributed by atoms with Crippen LogP contribution in [0.1, 0.15) is 12.8 Å². The van der Waals surface area contributed by atoms with Gasteiger partial charge >= 0.3 is 0 Å². The summed E-state index contributed by atoms with van der Waals surface area (Å²) < 4.78 is 5.28. The summed E-state index contributed by atoms with van der Waals surface area (Å²) in [4.78, 5) is 29.7. The van der Waals surface area contributed by atoms with Gasteiger partial charge in [0.25, 0.3) is 0 Å². The molecule has 2 saturated heterocycles. The molecule has 20 heavy (non-hydrogen) atoms. The van der Waals surface area contributed by atoms with Gasteiger partial charge in [-0.2, -0.15) is 0 Å². The SMILES string of the molecule is CN(C)C(=O)CN1CCC(C(=O)N2CCOCC2)CC1. The lowest BCUT2D eigenvalue weighted by molar-refractivity contribution is -0.141. The van der Waals surface area contributed by atoms with Crippen LogP contribution in [0.25, 0.3) is 0 Å². The van der Waals surface area contributed by atoms with Gasteiger partial charge in [-0.25, -0.2) is 0 Å². The zero-order valence-electron chi connectivity index (χ0n) is 12.5. The number of piperidine rings is 1.